The lowest BCUT2D eigenvalue weighted by atomic mass is 10.1. The fourth-order valence-corrected chi connectivity index (χ4v) is 3.17. The Morgan fingerprint density at radius 3 is 2.78 bits per heavy atom. The van der Waals surface area contributed by atoms with Crippen LogP contribution in [0.3, 0.4) is 0 Å². The van der Waals surface area contributed by atoms with Crippen LogP contribution >= 0.6 is 0 Å². The molecule has 0 aliphatic carbocycles. The van der Waals surface area contributed by atoms with E-state index >= 15 is 0 Å². The molecule has 142 valence electrons. The molecule has 0 atom stereocenters. The molecule has 1 N–H and O–H groups in total. The minimum Gasteiger partial charge on any atom is -0.494 e. The van der Waals surface area contributed by atoms with Crippen molar-refractivity contribution in [2.75, 3.05) is 13.2 Å². The van der Waals surface area contributed by atoms with Crippen molar-refractivity contribution in [3.05, 3.63) is 59.4 Å². The maximum absolute atomic E-state index is 10.5. The summed E-state index contributed by atoms with van der Waals surface area (Å²) >= 11 is 0. The second kappa shape index (κ2) is 9.21. The largest absolute Gasteiger partial charge is 0.494 e. The molecule has 1 heterocycles. The van der Waals surface area contributed by atoms with Gasteiger partial charge in [0.2, 0.25) is 6.41 Å². The van der Waals surface area contributed by atoms with Crippen LogP contribution in [-0.2, 0) is 17.8 Å². The number of imidazole rings is 1. The standard InChI is InChI=1S/C22H27N3O2/c1-17-9-10-19(15-18(17)2)27-14-6-5-13-25-21-8-4-3-7-20(21)24-22(25)11-12-23-16-26/h3-4,7-10,15-16H,5-6,11-14H2,1-2H3,(H,23,26). The van der Waals surface area contributed by atoms with Gasteiger partial charge < -0.3 is 14.6 Å². The Balaban J connectivity index is 1.56. The second-order valence-corrected chi connectivity index (χ2v) is 6.79. The van der Waals surface area contributed by atoms with E-state index in [1.807, 2.05) is 24.3 Å². The molecule has 0 saturated heterocycles. The molecule has 2 aromatic carbocycles. The summed E-state index contributed by atoms with van der Waals surface area (Å²) in [6.07, 6.45) is 3.45. The number of nitrogens with zero attached hydrogens (tertiary/aromatic N) is 2. The zero-order chi connectivity index (χ0) is 19.1. The molecule has 5 nitrogen and oxygen atoms in total. The second-order valence-electron chi connectivity index (χ2n) is 6.79. The SMILES string of the molecule is Cc1ccc(OCCCCn2c(CCNC=O)nc3ccccc32)cc1C. The number of fused-ring (bicyclic) bond motifs is 1. The number of para-hydroxylation sites is 2. The molecule has 1 aromatic heterocycles. The van der Waals surface area contributed by atoms with Crippen LogP contribution in [0.25, 0.3) is 11.0 Å². The van der Waals surface area contributed by atoms with Crippen molar-refractivity contribution in [1.82, 2.24) is 14.9 Å². The number of ether oxygens (including phenoxy) is 1. The highest BCUT2D eigenvalue weighted by Gasteiger charge is 2.09. The summed E-state index contributed by atoms with van der Waals surface area (Å²) in [5, 5.41) is 2.72. The fraction of sp³-hybridized carbons (Fsp3) is 0.364. The van der Waals surface area contributed by atoms with Gasteiger partial charge in [0.15, 0.2) is 0 Å². The third-order valence-electron chi connectivity index (χ3n) is 4.83. The maximum atomic E-state index is 10.5. The predicted molar refractivity (Wildman–Crippen MR) is 108 cm³/mol. The van der Waals surface area contributed by atoms with Crippen LogP contribution in [0.15, 0.2) is 42.5 Å². The number of nitrogens with one attached hydrogen (secondary N) is 1. The van der Waals surface area contributed by atoms with Gasteiger partial charge in [-0.25, -0.2) is 4.98 Å². The van der Waals surface area contributed by atoms with Gasteiger partial charge >= 0.3 is 0 Å². The van der Waals surface area contributed by atoms with E-state index < -0.39 is 0 Å². The number of benzene rings is 2. The highest BCUT2D eigenvalue weighted by molar-refractivity contribution is 5.75. The quantitative estimate of drug-likeness (QED) is 0.439. The molecule has 5 heteroatoms. The number of hydrogen-bond donors (Lipinski definition) is 1. The summed E-state index contributed by atoms with van der Waals surface area (Å²) in [5.74, 6) is 1.95. The number of carbonyl (C=O) groups excluding carboxylic acids is 1. The molecule has 0 aliphatic rings. The topological polar surface area (TPSA) is 56.1 Å². The average molecular weight is 365 g/mol. The average Bonchev–Trinajstić information content (AvgIpc) is 3.02. The summed E-state index contributed by atoms with van der Waals surface area (Å²) in [4.78, 5) is 15.2. The van der Waals surface area contributed by atoms with Gasteiger partial charge in [0, 0.05) is 19.5 Å². The monoisotopic (exact) mass is 365 g/mol. The molecular formula is C22H27N3O2. The first-order valence-electron chi connectivity index (χ1n) is 9.50. The Labute approximate surface area is 160 Å². The molecule has 0 spiro atoms. The van der Waals surface area contributed by atoms with Gasteiger partial charge in [0.25, 0.3) is 0 Å². The van der Waals surface area contributed by atoms with Crippen LogP contribution in [0.1, 0.15) is 29.8 Å². The summed E-state index contributed by atoms with van der Waals surface area (Å²) in [5.41, 5.74) is 4.69. The summed E-state index contributed by atoms with van der Waals surface area (Å²) < 4.78 is 8.15. The van der Waals surface area contributed by atoms with Crippen LogP contribution in [0.2, 0.25) is 0 Å². The summed E-state index contributed by atoms with van der Waals surface area (Å²) in [6.45, 7) is 6.41. The highest BCUT2D eigenvalue weighted by Crippen LogP contribution is 2.19. The number of amides is 1. The molecule has 0 saturated carbocycles. The fourth-order valence-electron chi connectivity index (χ4n) is 3.17. The van der Waals surface area contributed by atoms with Crippen molar-refractivity contribution >= 4 is 17.4 Å². The van der Waals surface area contributed by atoms with E-state index in [1.54, 1.807) is 0 Å². The van der Waals surface area contributed by atoms with E-state index in [-0.39, 0.29) is 0 Å². The molecule has 0 aliphatic heterocycles. The zero-order valence-corrected chi connectivity index (χ0v) is 16.1. The molecular weight excluding hydrogens is 338 g/mol. The Hall–Kier alpha value is -2.82. The number of aromatic nitrogens is 2. The highest BCUT2D eigenvalue weighted by atomic mass is 16.5. The van der Waals surface area contributed by atoms with Gasteiger partial charge in [0.05, 0.1) is 17.6 Å². The Morgan fingerprint density at radius 1 is 1.11 bits per heavy atom. The van der Waals surface area contributed by atoms with Crippen LogP contribution < -0.4 is 10.1 Å². The molecule has 1 amide bonds. The zero-order valence-electron chi connectivity index (χ0n) is 16.1. The van der Waals surface area contributed by atoms with Crippen molar-refractivity contribution in [3.8, 4) is 5.75 Å². The first-order chi connectivity index (χ1) is 13.2. The Bertz CT molecular complexity index is 902. The third-order valence-corrected chi connectivity index (χ3v) is 4.83. The van der Waals surface area contributed by atoms with E-state index in [0.29, 0.717) is 13.2 Å². The van der Waals surface area contributed by atoms with Gasteiger partial charge in [-0.05, 0) is 62.1 Å². The molecule has 3 rings (SSSR count). The van der Waals surface area contributed by atoms with Gasteiger partial charge in [-0.1, -0.05) is 18.2 Å². The third kappa shape index (κ3) is 4.88. The van der Waals surface area contributed by atoms with E-state index in [1.165, 1.54) is 11.1 Å². The Kier molecular flexibility index (Phi) is 6.47. The lowest BCUT2D eigenvalue weighted by Crippen LogP contribution is -2.17. The Morgan fingerprint density at radius 2 is 1.96 bits per heavy atom. The number of hydrogen-bond acceptors (Lipinski definition) is 3. The number of carbonyl (C=O) groups is 1. The maximum Gasteiger partial charge on any atom is 0.207 e. The first kappa shape index (κ1) is 19.0. The minimum absolute atomic E-state index is 0.600. The van der Waals surface area contributed by atoms with E-state index in [4.69, 9.17) is 9.72 Å². The summed E-state index contributed by atoms with van der Waals surface area (Å²) in [6, 6.07) is 14.4. The van der Waals surface area contributed by atoms with Crippen LogP contribution in [-0.4, -0.2) is 29.1 Å². The van der Waals surface area contributed by atoms with Crippen molar-refractivity contribution in [1.29, 1.82) is 0 Å². The normalized spacial score (nSPS) is 10.9. The van der Waals surface area contributed by atoms with Gasteiger partial charge in [-0.3, -0.25) is 4.79 Å². The van der Waals surface area contributed by atoms with Crippen molar-refractivity contribution in [2.24, 2.45) is 0 Å². The number of aryl methyl sites for hydroxylation is 3. The number of unbranched alkanes of at least 4 members (excludes halogenated alkanes) is 1. The van der Waals surface area contributed by atoms with Crippen LogP contribution in [0.5, 0.6) is 5.75 Å². The molecule has 0 bridgehead atoms. The van der Waals surface area contributed by atoms with Gasteiger partial charge in [-0.2, -0.15) is 0 Å². The van der Waals surface area contributed by atoms with Crippen molar-refractivity contribution < 1.29 is 9.53 Å². The lowest BCUT2D eigenvalue weighted by molar-refractivity contribution is -0.109. The molecule has 0 radical (unpaired) electrons. The lowest BCUT2D eigenvalue weighted by Gasteiger charge is -2.11. The molecule has 3 aromatic rings. The predicted octanol–water partition coefficient (Wildman–Crippen LogP) is 3.80. The van der Waals surface area contributed by atoms with Crippen molar-refractivity contribution in [3.63, 3.8) is 0 Å². The molecule has 0 unspecified atom stereocenters. The van der Waals surface area contributed by atoms with Crippen molar-refractivity contribution in [2.45, 2.75) is 39.7 Å². The minimum atomic E-state index is 0.600. The van der Waals surface area contributed by atoms with Gasteiger partial charge in [0.1, 0.15) is 11.6 Å². The van der Waals surface area contributed by atoms with Gasteiger partial charge in [-0.15, -0.1) is 0 Å². The molecule has 0 fully saturated rings. The van der Waals surface area contributed by atoms with Crippen LogP contribution in [0.4, 0.5) is 0 Å². The number of rotatable bonds is 10. The smallest absolute Gasteiger partial charge is 0.207 e. The van der Waals surface area contributed by atoms with E-state index in [9.17, 15) is 4.79 Å². The van der Waals surface area contributed by atoms with E-state index in [0.717, 1.165) is 54.8 Å². The van der Waals surface area contributed by atoms with Crippen LogP contribution in [0, 0.1) is 13.8 Å². The summed E-state index contributed by atoms with van der Waals surface area (Å²) in [7, 11) is 0. The van der Waals surface area contributed by atoms with E-state index in [2.05, 4.69) is 41.9 Å². The first-order valence-corrected chi connectivity index (χ1v) is 9.50. The molecule has 27 heavy (non-hydrogen) atoms.